The lowest BCUT2D eigenvalue weighted by Gasteiger charge is -2.04. The first-order valence-corrected chi connectivity index (χ1v) is 9.47. The topological polar surface area (TPSA) is 90.8 Å². The van der Waals surface area contributed by atoms with Crippen LogP contribution in [0.2, 0.25) is 0 Å². The van der Waals surface area contributed by atoms with Crippen molar-refractivity contribution in [2.45, 2.75) is 25.9 Å². The third-order valence-electron chi connectivity index (χ3n) is 4.52. The summed E-state index contributed by atoms with van der Waals surface area (Å²) < 4.78 is 72.9. The first kappa shape index (κ1) is 22.2. The van der Waals surface area contributed by atoms with Gasteiger partial charge in [-0.05, 0) is 24.3 Å². The van der Waals surface area contributed by atoms with Crippen LogP contribution < -0.4 is 5.32 Å². The maximum atomic E-state index is 13.8. The fraction of sp³-hybridized carbons (Fsp3) is 0.200. The van der Waals surface area contributed by atoms with Gasteiger partial charge in [0.25, 0.3) is 18.8 Å². The third-order valence-corrected chi connectivity index (χ3v) is 4.52. The zero-order valence-corrected chi connectivity index (χ0v) is 16.6. The molecular weight excluding hydrogens is 451 g/mol. The number of carbonyl (C=O) groups is 1. The predicted molar refractivity (Wildman–Crippen MR) is 103 cm³/mol. The number of aromatic nitrogens is 5. The molecule has 0 aliphatic carbocycles. The summed E-state index contributed by atoms with van der Waals surface area (Å²) in [6, 6.07) is 9.36. The molecule has 0 saturated heterocycles. The van der Waals surface area contributed by atoms with E-state index < -0.39 is 36.0 Å². The maximum Gasteiger partial charge on any atom is 0.293 e. The molecule has 0 saturated carbocycles. The molecule has 3 aromatic heterocycles. The number of rotatable bonds is 8. The summed E-state index contributed by atoms with van der Waals surface area (Å²) >= 11 is 0. The predicted octanol–water partition coefficient (Wildman–Crippen LogP) is 4.43. The molecule has 0 atom stereocenters. The quantitative estimate of drug-likeness (QED) is 0.388. The van der Waals surface area contributed by atoms with Crippen LogP contribution in [0.5, 0.6) is 0 Å². The Morgan fingerprint density at radius 1 is 1.03 bits per heavy atom. The number of hydrogen-bond donors (Lipinski definition) is 1. The van der Waals surface area contributed by atoms with Gasteiger partial charge in [-0.15, -0.1) is 5.10 Å². The highest BCUT2D eigenvalue weighted by Gasteiger charge is 2.22. The van der Waals surface area contributed by atoms with Crippen molar-refractivity contribution in [2.75, 3.05) is 5.32 Å². The van der Waals surface area contributed by atoms with Crippen LogP contribution in [0.1, 0.15) is 46.1 Å². The number of alkyl halides is 4. The van der Waals surface area contributed by atoms with Gasteiger partial charge in [-0.1, -0.05) is 18.2 Å². The van der Waals surface area contributed by atoms with Crippen molar-refractivity contribution in [2.24, 2.45) is 0 Å². The summed E-state index contributed by atoms with van der Waals surface area (Å²) in [7, 11) is 0. The molecule has 0 fully saturated rings. The molecule has 0 radical (unpaired) electrons. The van der Waals surface area contributed by atoms with Crippen LogP contribution in [0.25, 0.3) is 0 Å². The van der Waals surface area contributed by atoms with E-state index in [4.69, 9.17) is 4.42 Å². The van der Waals surface area contributed by atoms with E-state index in [2.05, 4.69) is 20.5 Å². The molecule has 33 heavy (non-hydrogen) atoms. The first-order chi connectivity index (χ1) is 15.8. The largest absolute Gasteiger partial charge is 0.454 e. The minimum atomic E-state index is -3.02. The summed E-state index contributed by atoms with van der Waals surface area (Å²) in [5.41, 5.74) is -1.10. The maximum absolute atomic E-state index is 13.8. The van der Waals surface area contributed by atoms with E-state index in [1.54, 1.807) is 18.2 Å². The molecule has 4 rings (SSSR count). The lowest BCUT2D eigenvalue weighted by atomic mass is 10.2. The van der Waals surface area contributed by atoms with Crippen molar-refractivity contribution < 1.29 is 31.2 Å². The van der Waals surface area contributed by atoms with Crippen molar-refractivity contribution in [3.63, 3.8) is 0 Å². The number of benzene rings is 1. The molecule has 1 N–H and O–H groups in total. The Morgan fingerprint density at radius 3 is 2.55 bits per heavy atom. The minimum absolute atomic E-state index is 0.0454. The highest BCUT2D eigenvalue weighted by atomic mass is 19.3. The van der Waals surface area contributed by atoms with Crippen molar-refractivity contribution in [3.05, 3.63) is 83.1 Å². The summed E-state index contributed by atoms with van der Waals surface area (Å²) in [6.45, 7) is -0.285. The monoisotopic (exact) mass is 466 g/mol. The number of nitrogens with zero attached hydrogens (tertiary/aromatic N) is 5. The van der Waals surface area contributed by atoms with Gasteiger partial charge in [0, 0.05) is 5.56 Å². The molecule has 8 nitrogen and oxygen atoms in total. The van der Waals surface area contributed by atoms with Crippen molar-refractivity contribution in [1.29, 1.82) is 0 Å². The second-order valence-electron chi connectivity index (χ2n) is 6.83. The Hall–Kier alpha value is -4.03. The van der Waals surface area contributed by atoms with Crippen LogP contribution in [-0.2, 0) is 13.1 Å². The summed E-state index contributed by atoms with van der Waals surface area (Å²) in [5.74, 6) is -1.34. The lowest BCUT2D eigenvalue weighted by molar-refractivity contribution is 0.0993. The number of carbonyl (C=O) groups excluding carboxylic acids is 1. The van der Waals surface area contributed by atoms with E-state index in [0.29, 0.717) is 16.3 Å². The molecular formula is C20H15F5N6O2. The number of amides is 1. The summed E-state index contributed by atoms with van der Waals surface area (Å²) in [5, 5.41) is 9.90. The van der Waals surface area contributed by atoms with E-state index in [1.807, 2.05) is 0 Å². The Morgan fingerprint density at radius 2 is 1.82 bits per heavy atom. The molecule has 172 valence electrons. The summed E-state index contributed by atoms with van der Waals surface area (Å²) in [4.78, 5) is 16.3. The van der Waals surface area contributed by atoms with E-state index in [9.17, 15) is 26.7 Å². The Bertz CT molecular complexity index is 1270. The van der Waals surface area contributed by atoms with Gasteiger partial charge in [0.2, 0.25) is 5.95 Å². The molecule has 1 amide bonds. The van der Waals surface area contributed by atoms with E-state index in [0.717, 1.165) is 0 Å². The molecule has 0 aliphatic heterocycles. The van der Waals surface area contributed by atoms with E-state index in [1.165, 1.54) is 29.2 Å². The van der Waals surface area contributed by atoms with Gasteiger partial charge in [0.1, 0.15) is 29.3 Å². The van der Waals surface area contributed by atoms with Crippen LogP contribution >= 0.6 is 0 Å². The van der Waals surface area contributed by atoms with Crippen LogP contribution in [0.3, 0.4) is 0 Å². The molecule has 0 spiro atoms. The van der Waals surface area contributed by atoms with Gasteiger partial charge in [0.15, 0.2) is 5.76 Å². The van der Waals surface area contributed by atoms with Crippen LogP contribution in [-0.4, -0.2) is 30.5 Å². The smallest absolute Gasteiger partial charge is 0.293 e. The van der Waals surface area contributed by atoms with Gasteiger partial charge < -0.3 is 4.42 Å². The average molecular weight is 466 g/mol. The second-order valence-corrected chi connectivity index (χ2v) is 6.83. The second kappa shape index (κ2) is 9.22. The fourth-order valence-electron chi connectivity index (χ4n) is 2.99. The molecule has 13 heteroatoms. The third kappa shape index (κ3) is 5.07. The van der Waals surface area contributed by atoms with Crippen molar-refractivity contribution >= 4 is 11.9 Å². The van der Waals surface area contributed by atoms with Gasteiger partial charge in [-0.3, -0.25) is 14.8 Å². The SMILES string of the molecule is O=C(Nc1ncn(Cc2ccccc2F)n1)c1ccc(Cn2nc(C(F)F)cc2C(F)F)o1. The van der Waals surface area contributed by atoms with Gasteiger partial charge in [-0.25, -0.2) is 31.6 Å². The Labute approximate surface area is 182 Å². The zero-order valence-electron chi connectivity index (χ0n) is 16.6. The van der Waals surface area contributed by atoms with Gasteiger partial charge >= 0.3 is 0 Å². The molecule has 0 bridgehead atoms. The number of hydrogen-bond acceptors (Lipinski definition) is 5. The van der Waals surface area contributed by atoms with E-state index in [-0.39, 0.29) is 30.6 Å². The molecule has 3 heterocycles. The highest BCUT2D eigenvalue weighted by Crippen LogP contribution is 2.26. The number of nitrogens with one attached hydrogen (secondary N) is 1. The highest BCUT2D eigenvalue weighted by molar-refractivity contribution is 6.01. The molecule has 4 aromatic rings. The lowest BCUT2D eigenvalue weighted by Crippen LogP contribution is -2.13. The van der Waals surface area contributed by atoms with Gasteiger partial charge in [-0.2, -0.15) is 5.10 Å². The van der Waals surface area contributed by atoms with Crippen LogP contribution in [0.4, 0.5) is 27.9 Å². The van der Waals surface area contributed by atoms with Crippen LogP contribution in [0.15, 0.2) is 53.2 Å². The Balaban J connectivity index is 1.42. The number of halogens is 5. The van der Waals surface area contributed by atoms with Crippen molar-refractivity contribution in [3.8, 4) is 0 Å². The van der Waals surface area contributed by atoms with Crippen LogP contribution in [0, 0.1) is 5.82 Å². The number of furan rings is 1. The fourth-order valence-corrected chi connectivity index (χ4v) is 2.99. The molecule has 1 aromatic carbocycles. The van der Waals surface area contributed by atoms with Gasteiger partial charge in [0.05, 0.1) is 13.1 Å². The average Bonchev–Trinajstić information content (AvgIpc) is 3.50. The molecule has 0 unspecified atom stereocenters. The Kier molecular flexibility index (Phi) is 6.20. The molecule has 0 aliphatic rings. The minimum Gasteiger partial charge on any atom is -0.454 e. The normalized spacial score (nSPS) is 11.5. The number of anilines is 1. The standard InChI is InChI=1S/C20H15F5N6O2/c21-13-4-2-1-3-11(13)8-30-10-26-20(29-30)27-19(32)16-6-5-12(33-16)9-31-15(18(24)25)7-14(28-31)17(22)23/h1-7,10,17-18H,8-9H2,(H,27,29,32). The zero-order chi connectivity index (χ0) is 23.5. The van der Waals surface area contributed by atoms with Crippen molar-refractivity contribution in [1.82, 2.24) is 24.5 Å². The van der Waals surface area contributed by atoms with E-state index >= 15 is 0 Å². The summed E-state index contributed by atoms with van der Waals surface area (Å²) in [6.07, 6.45) is -4.72. The first-order valence-electron chi connectivity index (χ1n) is 9.47.